The fraction of sp³-hybridized carbons (Fsp3) is 0.308. The largest absolute Gasteiger partial charge is 0.462 e. The molecule has 15 nitrogen and oxygen atoms in total. The number of benzene rings is 3. The molecule has 0 saturated heterocycles. The van der Waals surface area contributed by atoms with Crippen molar-refractivity contribution in [2.45, 2.75) is 59.3 Å². The maximum absolute atomic E-state index is 12.3. The van der Waals surface area contributed by atoms with Crippen LogP contribution in [0.5, 0.6) is 0 Å². The molecule has 3 aromatic carbocycles. The van der Waals surface area contributed by atoms with Gasteiger partial charge in [-0.25, -0.2) is 29.3 Å². The summed E-state index contributed by atoms with van der Waals surface area (Å²) in [4.78, 5) is 61.2. The minimum Gasteiger partial charge on any atom is -0.462 e. The highest BCUT2D eigenvalue weighted by atomic mass is 16.5. The SMILES string of the molecule is CCCCOC(=O)c1ccc(Nc2nc(Nc3ccc(C(=O)OCCCC)cc3)nc(Nc3ccc(C(=O)OCCCC)cc3)n2)cc1.c1ncncn1. The minimum absolute atomic E-state index is 0.223. The van der Waals surface area contributed by atoms with Gasteiger partial charge in [0.05, 0.1) is 36.5 Å². The van der Waals surface area contributed by atoms with E-state index in [2.05, 4.69) is 45.9 Å². The first-order chi connectivity index (χ1) is 26.4. The average molecular weight is 736 g/mol. The van der Waals surface area contributed by atoms with Gasteiger partial charge >= 0.3 is 17.9 Å². The standard InChI is InChI=1S/C36H42N6O6.C3H3N3/c1-4-7-22-46-31(43)25-10-16-28(17-11-25)37-34-40-35(38-29-18-12-26(13-19-29)32(44)47-23-8-5-2)42-36(41-34)39-30-20-14-27(15-21-30)33(45)48-24-9-6-3;1-4-2-6-3-5-1/h10-21H,4-9,22-24H2,1-3H3,(H3,37,38,39,40,41,42);1-3H. The second kappa shape index (κ2) is 22.4. The normalized spacial score (nSPS) is 10.3. The number of hydrogen-bond donors (Lipinski definition) is 3. The quantitative estimate of drug-likeness (QED) is 0.0447. The van der Waals surface area contributed by atoms with E-state index in [0.717, 1.165) is 38.5 Å². The smallest absolute Gasteiger partial charge is 0.338 e. The lowest BCUT2D eigenvalue weighted by Crippen LogP contribution is -2.09. The number of hydrogen-bond acceptors (Lipinski definition) is 15. The van der Waals surface area contributed by atoms with Crippen LogP contribution in [0, 0.1) is 0 Å². The fourth-order valence-electron chi connectivity index (χ4n) is 4.38. The number of anilines is 6. The molecule has 5 rings (SSSR count). The highest BCUT2D eigenvalue weighted by molar-refractivity contribution is 5.91. The predicted molar refractivity (Wildman–Crippen MR) is 204 cm³/mol. The molecule has 0 bridgehead atoms. The van der Waals surface area contributed by atoms with E-state index in [1.807, 2.05) is 20.8 Å². The zero-order chi connectivity index (χ0) is 38.4. The molecule has 0 amide bonds. The summed E-state index contributed by atoms with van der Waals surface area (Å²) in [5.41, 5.74) is 3.23. The van der Waals surface area contributed by atoms with Gasteiger partial charge in [-0.2, -0.15) is 15.0 Å². The highest BCUT2D eigenvalue weighted by Gasteiger charge is 2.13. The average Bonchev–Trinajstić information content (AvgIpc) is 3.20. The fourth-order valence-corrected chi connectivity index (χ4v) is 4.38. The van der Waals surface area contributed by atoms with E-state index in [0.29, 0.717) is 53.6 Å². The molecular weight excluding hydrogens is 690 g/mol. The van der Waals surface area contributed by atoms with E-state index in [-0.39, 0.29) is 35.8 Å². The van der Waals surface area contributed by atoms with Crippen LogP contribution in [0.3, 0.4) is 0 Å². The number of carbonyl (C=O) groups excluding carboxylic acids is 3. The lowest BCUT2D eigenvalue weighted by Gasteiger charge is -2.12. The Bertz CT molecular complexity index is 1650. The van der Waals surface area contributed by atoms with Crippen LogP contribution < -0.4 is 16.0 Å². The third-order valence-electron chi connectivity index (χ3n) is 7.36. The zero-order valence-electron chi connectivity index (χ0n) is 30.7. The monoisotopic (exact) mass is 735 g/mol. The Morgan fingerprint density at radius 1 is 0.444 bits per heavy atom. The van der Waals surface area contributed by atoms with Gasteiger partial charge in [-0.1, -0.05) is 40.0 Å². The molecule has 0 aliphatic carbocycles. The minimum atomic E-state index is -0.381. The maximum Gasteiger partial charge on any atom is 0.338 e. The first kappa shape index (κ1) is 40.3. The number of ether oxygens (including phenoxy) is 3. The first-order valence-electron chi connectivity index (χ1n) is 17.8. The summed E-state index contributed by atoms with van der Waals surface area (Å²) in [6.07, 6.45) is 9.55. The van der Waals surface area contributed by atoms with Crippen molar-refractivity contribution in [3.63, 3.8) is 0 Å². The number of rotatable bonds is 18. The Morgan fingerprint density at radius 3 is 0.926 bits per heavy atom. The number of aromatic nitrogens is 6. The van der Waals surface area contributed by atoms with Gasteiger partial charge in [0, 0.05) is 17.1 Å². The summed E-state index contributed by atoms with van der Waals surface area (Å²) in [6, 6.07) is 20.4. The summed E-state index contributed by atoms with van der Waals surface area (Å²) < 4.78 is 15.9. The molecule has 0 fully saturated rings. The molecule has 5 aromatic rings. The number of esters is 3. The molecule has 0 aliphatic rings. The summed E-state index contributed by atoms with van der Waals surface area (Å²) in [5, 5.41) is 9.46. The predicted octanol–water partition coefficient (Wildman–Crippen LogP) is 7.84. The summed E-state index contributed by atoms with van der Waals surface area (Å²) >= 11 is 0. The van der Waals surface area contributed by atoms with Crippen molar-refractivity contribution in [1.29, 1.82) is 0 Å². The van der Waals surface area contributed by atoms with Crippen LogP contribution >= 0.6 is 0 Å². The van der Waals surface area contributed by atoms with Crippen LogP contribution in [-0.2, 0) is 14.2 Å². The van der Waals surface area contributed by atoms with Crippen molar-refractivity contribution in [3.05, 3.63) is 108 Å². The van der Waals surface area contributed by atoms with E-state index in [1.54, 1.807) is 72.8 Å². The Kier molecular flexibility index (Phi) is 16.7. The van der Waals surface area contributed by atoms with E-state index < -0.39 is 0 Å². The molecule has 0 unspecified atom stereocenters. The number of nitrogens with one attached hydrogen (secondary N) is 3. The van der Waals surface area contributed by atoms with Crippen molar-refractivity contribution < 1.29 is 28.6 Å². The van der Waals surface area contributed by atoms with Crippen molar-refractivity contribution in [3.8, 4) is 0 Å². The number of carbonyl (C=O) groups is 3. The van der Waals surface area contributed by atoms with Crippen LogP contribution in [0.15, 0.2) is 91.8 Å². The van der Waals surface area contributed by atoms with E-state index in [4.69, 9.17) is 14.2 Å². The Balaban J connectivity index is 0.000000983. The highest BCUT2D eigenvalue weighted by Crippen LogP contribution is 2.22. The van der Waals surface area contributed by atoms with Gasteiger partial charge < -0.3 is 30.2 Å². The molecule has 0 saturated carbocycles. The summed E-state index contributed by atoms with van der Waals surface area (Å²) in [6.45, 7) is 7.23. The van der Waals surface area contributed by atoms with E-state index in [9.17, 15) is 14.4 Å². The van der Waals surface area contributed by atoms with Gasteiger partial charge in [-0.3, -0.25) is 0 Å². The zero-order valence-corrected chi connectivity index (χ0v) is 30.7. The first-order valence-corrected chi connectivity index (χ1v) is 17.8. The van der Waals surface area contributed by atoms with Crippen LogP contribution in [-0.4, -0.2) is 67.6 Å². The van der Waals surface area contributed by atoms with E-state index in [1.165, 1.54) is 19.0 Å². The molecule has 0 radical (unpaired) electrons. The number of nitrogens with zero attached hydrogens (tertiary/aromatic N) is 6. The van der Waals surface area contributed by atoms with Crippen molar-refractivity contribution in [2.24, 2.45) is 0 Å². The molecule has 282 valence electrons. The van der Waals surface area contributed by atoms with Gasteiger partial charge in [0.15, 0.2) is 0 Å². The van der Waals surface area contributed by atoms with Crippen LogP contribution in [0.1, 0.15) is 90.4 Å². The third-order valence-corrected chi connectivity index (χ3v) is 7.36. The van der Waals surface area contributed by atoms with Crippen molar-refractivity contribution in [2.75, 3.05) is 35.8 Å². The van der Waals surface area contributed by atoms with Gasteiger partial charge in [-0.05, 0) is 92.1 Å². The molecule has 2 heterocycles. The topological polar surface area (TPSA) is 192 Å². The van der Waals surface area contributed by atoms with Gasteiger partial charge in [0.1, 0.15) is 19.0 Å². The molecule has 0 atom stereocenters. The Morgan fingerprint density at radius 2 is 0.704 bits per heavy atom. The van der Waals surface area contributed by atoms with Gasteiger partial charge in [-0.15, -0.1) is 0 Å². The Labute approximate surface area is 314 Å². The van der Waals surface area contributed by atoms with Gasteiger partial charge in [0.2, 0.25) is 17.8 Å². The molecule has 0 aliphatic heterocycles. The number of unbranched alkanes of at least 4 members (excludes halogenated alkanes) is 3. The molecule has 0 spiro atoms. The molecule has 54 heavy (non-hydrogen) atoms. The molecule has 3 N–H and O–H groups in total. The van der Waals surface area contributed by atoms with Crippen LogP contribution in [0.2, 0.25) is 0 Å². The lowest BCUT2D eigenvalue weighted by atomic mass is 10.2. The lowest BCUT2D eigenvalue weighted by molar-refractivity contribution is 0.0490. The maximum atomic E-state index is 12.3. The molecule has 2 aromatic heterocycles. The van der Waals surface area contributed by atoms with Crippen LogP contribution in [0.4, 0.5) is 34.9 Å². The van der Waals surface area contributed by atoms with Crippen molar-refractivity contribution in [1.82, 2.24) is 29.9 Å². The van der Waals surface area contributed by atoms with Crippen molar-refractivity contribution >= 4 is 52.8 Å². The summed E-state index contributed by atoms with van der Waals surface area (Å²) in [7, 11) is 0. The second-order valence-corrected chi connectivity index (χ2v) is 11.7. The molecular formula is C39H45N9O6. The third kappa shape index (κ3) is 13.9. The summed E-state index contributed by atoms with van der Waals surface area (Å²) in [5.74, 6) is -0.475. The van der Waals surface area contributed by atoms with E-state index >= 15 is 0 Å². The Hall–Kier alpha value is -6.51. The van der Waals surface area contributed by atoms with Gasteiger partial charge in [0.25, 0.3) is 0 Å². The van der Waals surface area contributed by atoms with Crippen LogP contribution in [0.25, 0.3) is 0 Å². The second-order valence-electron chi connectivity index (χ2n) is 11.7. The molecule has 15 heteroatoms.